The lowest BCUT2D eigenvalue weighted by Gasteiger charge is -2.06. The highest BCUT2D eigenvalue weighted by Gasteiger charge is 2.11. The summed E-state index contributed by atoms with van der Waals surface area (Å²) in [5.74, 6) is 0.330. The number of nitrogens with one attached hydrogen (secondary N) is 2. The quantitative estimate of drug-likeness (QED) is 0.736. The largest absolute Gasteiger partial charge is 0.360 e. The van der Waals surface area contributed by atoms with Gasteiger partial charge in [0.15, 0.2) is 5.82 Å². The Bertz CT molecular complexity index is 902. The van der Waals surface area contributed by atoms with Crippen molar-refractivity contribution in [3.05, 3.63) is 76.5 Å². The number of carbonyl (C=O) groups is 2. The minimum Gasteiger partial charge on any atom is -0.360 e. The lowest BCUT2D eigenvalue weighted by atomic mass is 10.1. The van der Waals surface area contributed by atoms with Gasteiger partial charge in [0.1, 0.15) is 5.76 Å². The molecule has 6 nitrogen and oxygen atoms in total. The summed E-state index contributed by atoms with van der Waals surface area (Å²) in [4.78, 5) is 24.3. The van der Waals surface area contributed by atoms with Gasteiger partial charge in [-0.2, -0.15) is 0 Å². The smallest absolute Gasteiger partial charge is 0.256 e. The van der Waals surface area contributed by atoms with Gasteiger partial charge in [-0.25, -0.2) is 0 Å². The molecule has 0 saturated heterocycles. The van der Waals surface area contributed by atoms with Crippen LogP contribution in [0.25, 0.3) is 0 Å². The van der Waals surface area contributed by atoms with Gasteiger partial charge in [-0.15, -0.1) is 0 Å². The normalized spacial score (nSPS) is 10.3. The van der Waals surface area contributed by atoms with Crippen LogP contribution in [0.1, 0.15) is 26.5 Å². The highest BCUT2D eigenvalue weighted by Crippen LogP contribution is 2.15. The van der Waals surface area contributed by atoms with Crippen LogP contribution < -0.4 is 10.6 Å². The van der Waals surface area contributed by atoms with E-state index in [2.05, 4.69) is 15.8 Å². The van der Waals surface area contributed by atoms with Gasteiger partial charge in [-0.1, -0.05) is 16.8 Å². The minimum atomic E-state index is -0.335. The first-order valence-electron chi connectivity index (χ1n) is 7.43. The van der Waals surface area contributed by atoms with Gasteiger partial charge < -0.3 is 15.2 Å². The molecule has 2 N–H and O–H groups in total. The first kappa shape index (κ1) is 16.7. The Kier molecular flexibility index (Phi) is 4.81. The van der Waals surface area contributed by atoms with Crippen molar-refractivity contribution in [2.45, 2.75) is 6.92 Å². The van der Waals surface area contributed by atoms with E-state index in [9.17, 15) is 9.59 Å². The van der Waals surface area contributed by atoms with Crippen LogP contribution in [0.15, 0.2) is 59.1 Å². The Balaban J connectivity index is 1.65. The van der Waals surface area contributed by atoms with Crippen molar-refractivity contribution >= 4 is 34.9 Å². The first-order valence-corrected chi connectivity index (χ1v) is 7.81. The molecular weight excluding hydrogens is 342 g/mol. The van der Waals surface area contributed by atoms with Crippen LogP contribution in [0.5, 0.6) is 0 Å². The number of amides is 2. The van der Waals surface area contributed by atoms with Crippen molar-refractivity contribution < 1.29 is 14.1 Å². The van der Waals surface area contributed by atoms with Crippen LogP contribution in [-0.4, -0.2) is 17.0 Å². The summed E-state index contributed by atoms with van der Waals surface area (Å²) in [5, 5.41) is 9.66. The van der Waals surface area contributed by atoms with Crippen molar-refractivity contribution in [3.63, 3.8) is 0 Å². The fraction of sp³-hybridized carbons (Fsp3) is 0.0556. The molecule has 2 amide bonds. The average Bonchev–Trinajstić information content (AvgIpc) is 3.02. The molecule has 0 aliphatic rings. The zero-order chi connectivity index (χ0) is 17.8. The van der Waals surface area contributed by atoms with E-state index >= 15 is 0 Å². The summed E-state index contributed by atoms with van der Waals surface area (Å²) in [5.41, 5.74) is 1.48. The third-order valence-electron chi connectivity index (χ3n) is 3.38. The maximum Gasteiger partial charge on any atom is 0.256 e. The molecule has 3 rings (SSSR count). The molecule has 0 radical (unpaired) electrons. The summed E-state index contributed by atoms with van der Waals surface area (Å²) in [6.07, 6.45) is 0. The molecule has 0 fully saturated rings. The van der Waals surface area contributed by atoms with Crippen molar-refractivity contribution in [1.82, 2.24) is 5.16 Å². The third-order valence-corrected chi connectivity index (χ3v) is 3.63. The summed E-state index contributed by atoms with van der Waals surface area (Å²) in [6.45, 7) is 1.73. The molecule has 7 heteroatoms. The zero-order valence-corrected chi connectivity index (χ0v) is 14.0. The van der Waals surface area contributed by atoms with Crippen molar-refractivity contribution in [2.75, 3.05) is 10.6 Å². The van der Waals surface area contributed by atoms with Gasteiger partial charge in [0, 0.05) is 27.9 Å². The van der Waals surface area contributed by atoms with Crippen LogP contribution in [0, 0.1) is 6.92 Å². The highest BCUT2D eigenvalue weighted by atomic mass is 35.5. The fourth-order valence-electron chi connectivity index (χ4n) is 2.12. The molecule has 126 valence electrons. The standard InChI is InChI=1S/C18H14ClN3O3/c1-11-10-16(22-25-11)21-18(24)13-4-2-12(3-5-13)17(23)20-15-8-6-14(19)7-9-15/h2-10H,1H3,(H,20,23)(H,21,22,24). The van der Waals surface area contributed by atoms with Gasteiger partial charge in [0.25, 0.3) is 11.8 Å². The Morgan fingerprint density at radius 2 is 1.48 bits per heavy atom. The van der Waals surface area contributed by atoms with Crippen molar-refractivity contribution in [1.29, 1.82) is 0 Å². The molecule has 0 unspecified atom stereocenters. The molecule has 0 spiro atoms. The summed E-state index contributed by atoms with van der Waals surface area (Å²) in [6, 6.07) is 14.7. The number of carbonyl (C=O) groups excluding carboxylic acids is 2. The van der Waals surface area contributed by atoms with Gasteiger partial charge >= 0.3 is 0 Å². The van der Waals surface area contributed by atoms with Gasteiger partial charge in [0.05, 0.1) is 0 Å². The molecule has 3 aromatic rings. The number of hydrogen-bond acceptors (Lipinski definition) is 4. The molecule has 1 aromatic heterocycles. The number of rotatable bonds is 4. The molecule has 0 bridgehead atoms. The SMILES string of the molecule is Cc1cc(NC(=O)c2ccc(C(=O)Nc3ccc(Cl)cc3)cc2)no1. The van der Waals surface area contributed by atoms with Crippen LogP contribution in [0.2, 0.25) is 5.02 Å². The lowest BCUT2D eigenvalue weighted by Crippen LogP contribution is -2.14. The Labute approximate surface area is 148 Å². The Hall–Kier alpha value is -3.12. The Morgan fingerprint density at radius 3 is 2.00 bits per heavy atom. The second kappa shape index (κ2) is 7.19. The molecule has 1 heterocycles. The first-order chi connectivity index (χ1) is 12.0. The van der Waals surface area contributed by atoms with Gasteiger partial charge in [0.2, 0.25) is 0 Å². The topological polar surface area (TPSA) is 84.2 Å². The van der Waals surface area contributed by atoms with Gasteiger partial charge in [-0.3, -0.25) is 9.59 Å². The molecule has 0 atom stereocenters. The summed E-state index contributed by atoms with van der Waals surface area (Å²) >= 11 is 5.81. The number of halogens is 1. The second-order valence-electron chi connectivity index (χ2n) is 5.32. The maximum absolute atomic E-state index is 12.2. The molecule has 0 aliphatic heterocycles. The average molecular weight is 356 g/mol. The number of benzene rings is 2. The predicted molar refractivity (Wildman–Crippen MR) is 95.0 cm³/mol. The van der Waals surface area contributed by atoms with E-state index in [1.54, 1.807) is 61.5 Å². The van der Waals surface area contributed by atoms with Crippen molar-refractivity contribution in [3.8, 4) is 0 Å². The highest BCUT2D eigenvalue weighted by molar-refractivity contribution is 6.30. The monoisotopic (exact) mass is 355 g/mol. The third kappa shape index (κ3) is 4.24. The van der Waals surface area contributed by atoms with E-state index in [-0.39, 0.29) is 11.8 Å². The van der Waals surface area contributed by atoms with Crippen LogP contribution >= 0.6 is 11.6 Å². The second-order valence-corrected chi connectivity index (χ2v) is 5.75. The number of aryl methyl sites for hydroxylation is 1. The lowest BCUT2D eigenvalue weighted by molar-refractivity contribution is 0.101. The molecule has 2 aromatic carbocycles. The number of hydrogen-bond donors (Lipinski definition) is 2. The molecule has 0 aliphatic carbocycles. The van der Waals surface area contributed by atoms with E-state index in [1.165, 1.54) is 0 Å². The zero-order valence-electron chi connectivity index (χ0n) is 13.2. The predicted octanol–water partition coefficient (Wildman–Crippen LogP) is 4.14. The van der Waals surface area contributed by atoms with E-state index in [0.29, 0.717) is 33.4 Å². The Morgan fingerprint density at radius 1 is 0.920 bits per heavy atom. The fourth-order valence-corrected chi connectivity index (χ4v) is 2.25. The summed E-state index contributed by atoms with van der Waals surface area (Å²) in [7, 11) is 0. The van der Waals surface area contributed by atoms with E-state index in [4.69, 9.17) is 16.1 Å². The summed E-state index contributed by atoms with van der Waals surface area (Å²) < 4.78 is 4.89. The molecular formula is C18H14ClN3O3. The molecule has 0 saturated carbocycles. The van der Waals surface area contributed by atoms with E-state index in [0.717, 1.165) is 0 Å². The number of aromatic nitrogens is 1. The minimum absolute atomic E-state index is 0.276. The number of nitrogens with zero attached hydrogens (tertiary/aromatic N) is 1. The van der Waals surface area contributed by atoms with Gasteiger partial charge in [-0.05, 0) is 55.5 Å². The van der Waals surface area contributed by atoms with Crippen LogP contribution in [-0.2, 0) is 0 Å². The van der Waals surface area contributed by atoms with E-state index in [1.807, 2.05) is 0 Å². The van der Waals surface area contributed by atoms with Crippen LogP contribution in [0.4, 0.5) is 11.5 Å². The van der Waals surface area contributed by atoms with E-state index < -0.39 is 0 Å². The number of anilines is 2. The maximum atomic E-state index is 12.2. The van der Waals surface area contributed by atoms with Crippen LogP contribution in [0.3, 0.4) is 0 Å². The van der Waals surface area contributed by atoms with Crippen molar-refractivity contribution in [2.24, 2.45) is 0 Å². The molecule has 25 heavy (non-hydrogen) atoms.